The van der Waals surface area contributed by atoms with Crippen molar-refractivity contribution in [3.63, 3.8) is 0 Å². The molecule has 0 aliphatic carbocycles. The fourth-order valence-electron chi connectivity index (χ4n) is 1.60. The number of rotatable bonds is 6. The average Bonchev–Trinajstić information content (AvgIpc) is 2.26. The van der Waals surface area contributed by atoms with Gasteiger partial charge in [0.05, 0.1) is 0 Å². The minimum Gasteiger partial charge on any atom is -0.299 e. The van der Waals surface area contributed by atoms with Gasteiger partial charge in [-0.25, -0.2) is 0 Å². The maximum absolute atomic E-state index is 11.4. The molecule has 1 rings (SSSR count). The van der Waals surface area contributed by atoms with Crippen molar-refractivity contribution in [3.05, 3.63) is 34.9 Å². The molecule has 0 fully saturated rings. The Labute approximate surface area is 103 Å². The van der Waals surface area contributed by atoms with Crippen LogP contribution in [0.5, 0.6) is 0 Å². The average molecular weight is 239 g/mol. The Balaban J connectivity index is 2.26. The molecule has 0 radical (unpaired) electrons. The second-order valence-corrected chi connectivity index (χ2v) is 4.83. The van der Waals surface area contributed by atoms with E-state index in [1.165, 1.54) is 5.56 Å². The van der Waals surface area contributed by atoms with Crippen LogP contribution in [0.1, 0.15) is 38.7 Å². The van der Waals surface area contributed by atoms with Crippen LogP contribution in [0.25, 0.3) is 0 Å². The molecule has 0 unspecified atom stereocenters. The van der Waals surface area contributed by atoms with E-state index in [0.29, 0.717) is 12.2 Å². The van der Waals surface area contributed by atoms with Crippen molar-refractivity contribution in [2.75, 3.05) is 0 Å². The standard InChI is InChI=1S/C14H19ClO/c1-11(2)14(16)10-6-4-8-12-7-3-5-9-13(12)15/h3,5,7,9,11H,4,6,8,10H2,1-2H3. The molecule has 0 amide bonds. The van der Waals surface area contributed by atoms with E-state index in [9.17, 15) is 4.79 Å². The topological polar surface area (TPSA) is 17.1 Å². The van der Waals surface area contributed by atoms with Gasteiger partial charge in [-0.05, 0) is 30.9 Å². The Bertz CT molecular complexity index is 344. The molecule has 0 saturated heterocycles. The van der Waals surface area contributed by atoms with Gasteiger partial charge in [-0.1, -0.05) is 43.6 Å². The number of aryl methyl sites for hydroxylation is 1. The summed E-state index contributed by atoms with van der Waals surface area (Å²) in [7, 11) is 0. The van der Waals surface area contributed by atoms with Crippen molar-refractivity contribution in [3.8, 4) is 0 Å². The number of ketones is 1. The first-order valence-corrected chi connectivity index (χ1v) is 6.25. The SMILES string of the molecule is CC(C)C(=O)CCCCc1ccccc1Cl. The van der Waals surface area contributed by atoms with E-state index in [2.05, 4.69) is 0 Å². The van der Waals surface area contributed by atoms with Gasteiger partial charge in [0.1, 0.15) is 5.78 Å². The van der Waals surface area contributed by atoms with E-state index in [4.69, 9.17) is 11.6 Å². The summed E-state index contributed by atoms with van der Waals surface area (Å²) >= 11 is 6.05. The monoisotopic (exact) mass is 238 g/mol. The first-order valence-electron chi connectivity index (χ1n) is 5.87. The van der Waals surface area contributed by atoms with Crippen molar-refractivity contribution in [2.45, 2.75) is 39.5 Å². The largest absolute Gasteiger partial charge is 0.299 e. The molecule has 1 aromatic rings. The summed E-state index contributed by atoms with van der Waals surface area (Å²) in [4.78, 5) is 11.4. The van der Waals surface area contributed by atoms with Crippen molar-refractivity contribution < 1.29 is 4.79 Å². The van der Waals surface area contributed by atoms with Gasteiger partial charge in [0.2, 0.25) is 0 Å². The van der Waals surface area contributed by atoms with Crippen molar-refractivity contribution >= 4 is 17.4 Å². The van der Waals surface area contributed by atoms with Crippen molar-refractivity contribution in [1.29, 1.82) is 0 Å². The summed E-state index contributed by atoms with van der Waals surface area (Å²) in [6.07, 6.45) is 3.65. The van der Waals surface area contributed by atoms with E-state index < -0.39 is 0 Å². The first kappa shape index (κ1) is 13.2. The number of benzene rings is 1. The molecule has 1 aromatic carbocycles. The highest BCUT2D eigenvalue weighted by molar-refractivity contribution is 6.31. The third-order valence-corrected chi connectivity index (χ3v) is 3.09. The molecule has 2 heteroatoms. The van der Waals surface area contributed by atoms with Crippen LogP contribution in [0.2, 0.25) is 5.02 Å². The zero-order valence-corrected chi connectivity index (χ0v) is 10.8. The lowest BCUT2D eigenvalue weighted by molar-refractivity contribution is -0.122. The highest BCUT2D eigenvalue weighted by atomic mass is 35.5. The number of hydrogen-bond donors (Lipinski definition) is 0. The van der Waals surface area contributed by atoms with Crippen LogP contribution in [-0.2, 0) is 11.2 Å². The number of carbonyl (C=O) groups excluding carboxylic acids is 1. The fraction of sp³-hybridized carbons (Fsp3) is 0.500. The summed E-state index contributed by atoms with van der Waals surface area (Å²) in [5, 5.41) is 0.831. The summed E-state index contributed by atoms with van der Waals surface area (Å²) in [5.41, 5.74) is 1.18. The fourth-order valence-corrected chi connectivity index (χ4v) is 1.83. The normalized spacial score (nSPS) is 10.8. The molecular formula is C14H19ClO. The van der Waals surface area contributed by atoms with Gasteiger partial charge in [-0.2, -0.15) is 0 Å². The predicted molar refractivity (Wildman–Crippen MR) is 68.9 cm³/mol. The summed E-state index contributed by atoms with van der Waals surface area (Å²) in [6, 6.07) is 7.90. The van der Waals surface area contributed by atoms with E-state index in [1.54, 1.807) is 0 Å². The Morgan fingerprint density at radius 1 is 1.25 bits per heavy atom. The lowest BCUT2D eigenvalue weighted by Crippen LogP contribution is -2.06. The van der Waals surface area contributed by atoms with Crippen LogP contribution in [-0.4, -0.2) is 5.78 Å². The summed E-state index contributed by atoms with van der Waals surface area (Å²) in [6.45, 7) is 3.91. The molecule has 88 valence electrons. The van der Waals surface area contributed by atoms with Crippen LogP contribution >= 0.6 is 11.6 Å². The summed E-state index contributed by atoms with van der Waals surface area (Å²) in [5.74, 6) is 0.527. The molecule has 16 heavy (non-hydrogen) atoms. The smallest absolute Gasteiger partial charge is 0.135 e. The van der Waals surface area contributed by atoms with E-state index in [-0.39, 0.29) is 5.92 Å². The first-order chi connectivity index (χ1) is 7.61. The Morgan fingerprint density at radius 3 is 2.56 bits per heavy atom. The van der Waals surface area contributed by atoms with Gasteiger partial charge in [0.15, 0.2) is 0 Å². The Hall–Kier alpha value is -0.820. The quantitative estimate of drug-likeness (QED) is 0.677. The van der Waals surface area contributed by atoms with Gasteiger partial charge in [-0.3, -0.25) is 4.79 Å². The van der Waals surface area contributed by atoms with Crippen LogP contribution in [0.4, 0.5) is 0 Å². The molecule has 0 atom stereocenters. The summed E-state index contributed by atoms with van der Waals surface area (Å²) < 4.78 is 0. The van der Waals surface area contributed by atoms with Crippen LogP contribution in [0, 0.1) is 5.92 Å². The molecule has 1 nitrogen and oxygen atoms in total. The lowest BCUT2D eigenvalue weighted by Gasteiger charge is -2.05. The minimum atomic E-state index is 0.167. The molecule has 0 bridgehead atoms. The van der Waals surface area contributed by atoms with Crippen LogP contribution < -0.4 is 0 Å². The molecule has 0 heterocycles. The van der Waals surface area contributed by atoms with Gasteiger partial charge < -0.3 is 0 Å². The third-order valence-electron chi connectivity index (χ3n) is 2.72. The maximum Gasteiger partial charge on any atom is 0.135 e. The maximum atomic E-state index is 11.4. The van der Waals surface area contributed by atoms with Crippen LogP contribution in [0.3, 0.4) is 0 Å². The highest BCUT2D eigenvalue weighted by Gasteiger charge is 2.06. The second-order valence-electron chi connectivity index (χ2n) is 4.42. The van der Waals surface area contributed by atoms with Crippen LogP contribution in [0.15, 0.2) is 24.3 Å². The molecule has 0 saturated carbocycles. The molecular weight excluding hydrogens is 220 g/mol. The third kappa shape index (κ3) is 4.36. The highest BCUT2D eigenvalue weighted by Crippen LogP contribution is 2.17. The zero-order chi connectivity index (χ0) is 12.0. The number of carbonyl (C=O) groups is 1. The number of Topliss-reactive ketones (excluding diaryl/α,β-unsaturated/α-hetero) is 1. The van der Waals surface area contributed by atoms with E-state index >= 15 is 0 Å². The van der Waals surface area contributed by atoms with Crippen molar-refractivity contribution in [1.82, 2.24) is 0 Å². The van der Waals surface area contributed by atoms with Gasteiger partial charge >= 0.3 is 0 Å². The molecule has 0 N–H and O–H groups in total. The number of hydrogen-bond acceptors (Lipinski definition) is 1. The zero-order valence-electron chi connectivity index (χ0n) is 10.0. The molecule has 0 aliphatic rings. The molecule has 0 aliphatic heterocycles. The molecule has 0 aromatic heterocycles. The van der Waals surface area contributed by atoms with Gasteiger partial charge in [-0.15, -0.1) is 0 Å². The van der Waals surface area contributed by atoms with Gasteiger partial charge in [0.25, 0.3) is 0 Å². The number of unbranched alkanes of at least 4 members (excludes halogenated alkanes) is 1. The predicted octanol–water partition coefficient (Wildman–Crippen LogP) is 4.28. The number of halogens is 1. The Morgan fingerprint density at radius 2 is 1.94 bits per heavy atom. The lowest BCUT2D eigenvalue weighted by atomic mass is 10.0. The van der Waals surface area contributed by atoms with E-state index in [0.717, 1.165) is 24.3 Å². The van der Waals surface area contributed by atoms with Gasteiger partial charge in [0, 0.05) is 17.4 Å². The molecule has 0 spiro atoms. The van der Waals surface area contributed by atoms with E-state index in [1.807, 2.05) is 38.1 Å². The minimum absolute atomic E-state index is 0.167. The second kappa shape index (κ2) is 6.70. The van der Waals surface area contributed by atoms with Crippen molar-refractivity contribution in [2.24, 2.45) is 5.92 Å². The Kier molecular flexibility index (Phi) is 5.54.